The quantitative estimate of drug-likeness (QED) is 0.804. The third kappa shape index (κ3) is 3.01. The largest absolute Gasteiger partial charge is 0.497 e. The van der Waals surface area contributed by atoms with Gasteiger partial charge in [0.2, 0.25) is 0 Å². The molecule has 0 radical (unpaired) electrons. The summed E-state index contributed by atoms with van der Waals surface area (Å²) < 4.78 is 6.93. The minimum absolute atomic E-state index is 0.183. The van der Waals surface area contributed by atoms with E-state index < -0.39 is 0 Å². The van der Waals surface area contributed by atoms with E-state index in [-0.39, 0.29) is 5.91 Å². The van der Waals surface area contributed by atoms with Crippen molar-refractivity contribution in [1.29, 1.82) is 0 Å². The van der Waals surface area contributed by atoms with Gasteiger partial charge in [-0.1, -0.05) is 0 Å². The SMILES string of the molecule is CCn1cc(C(=O)Nc2cnc3cc(OC)ccc3c2)c(C)n1. The molecule has 0 aliphatic rings. The Balaban J connectivity index is 1.85. The van der Waals surface area contributed by atoms with Crippen LogP contribution in [0.15, 0.2) is 36.7 Å². The molecule has 0 saturated heterocycles. The first kappa shape index (κ1) is 15.0. The van der Waals surface area contributed by atoms with Crippen LogP contribution in [0.1, 0.15) is 23.0 Å². The smallest absolute Gasteiger partial charge is 0.259 e. The molecule has 2 heterocycles. The highest BCUT2D eigenvalue weighted by Crippen LogP contribution is 2.22. The average molecular weight is 310 g/mol. The Labute approximate surface area is 134 Å². The summed E-state index contributed by atoms with van der Waals surface area (Å²) in [5, 5.41) is 8.09. The number of fused-ring (bicyclic) bond motifs is 1. The molecule has 0 atom stereocenters. The van der Waals surface area contributed by atoms with E-state index in [1.54, 1.807) is 24.2 Å². The summed E-state index contributed by atoms with van der Waals surface area (Å²) in [6.07, 6.45) is 3.39. The molecule has 3 rings (SSSR count). The Hall–Kier alpha value is -2.89. The monoisotopic (exact) mass is 310 g/mol. The van der Waals surface area contributed by atoms with E-state index in [2.05, 4.69) is 15.4 Å². The van der Waals surface area contributed by atoms with E-state index in [0.717, 1.165) is 23.2 Å². The molecule has 118 valence electrons. The van der Waals surface area contributed by atoms with E-state index in [9.17, 15) is 4.79 Å². The number of pyridine rings is 1. The highest BCUT2D eigenvalue weighted by Gasteiger charge is 2.13. The lowest BCUT2D eigenvalue weighted by atomic mass is 10.2. The Morgan fingerprint density at radius 2 is 2.17 bits per heavy atom. The van der Waals surface area contributed by atoms with Crippen LogP contribution in [0.2, 0.25) is 0 Å². The highest BCUT2D eigenvalue weighted by molar-refractivity contribution is 6.05. The molecule has 0 bridgehead atoms. The molecule has 0 spiro atoms. The second-order valence-electron chi connectivity index (χ2n) is 5.22. The van der Waals surface area contributed by atoms with Crippen molar-refractivity contribution in [3.63, 3.8) is 0 Å². The maximum absolute atomic E-state index is 12.4. The maximum atomic E-state index is 12.4. The van der Waals surface area contributed by atoms with Crippen LogP contribution < -0.4 is 10.1 Å². The summed E-state index contributed by atoms with van der Waals surface area (Å²) in [5.74, 6) is 0.571. The van der Waals surface area contributed by atoms with Crippen LogP contribution >= 0.6 is 0 Å². The number of carbonyl (C=O) groups is 1. The number of nitrogens with one attached hydrogen (secondary N) is 1. The van der Waals surface area contributed by atoms with Gasteiger partial charge in [0.1, 0.15) is 5.75 Å². The van der Waals surface area contributed by atoms with E-state index in [1.165, 1.54) is 0 Å². The zero-order valence-electron chi connectivity index (χ0n) is 13.3. The van der Waals surface area contributed by atoms with Crippen molar-refractivity contribution in [2.75, 3.05) is 12.4 Å². The minimum atomic E-state index is -0.183. The number of benzene rings is 1. The van der Waals surface area contributed by atoms with E-state index in [4.69, 9.17) is 4.74 Å². The Kier molecular flexibility index (Phi) is 3.97. The first-order chi connectivity index (χ1) is 11.1. The zero-order chi connectivity index (χ0) is 16.4. The second kappa shape index (κ2) is 6.08. The molecule has 0 saturated carbocycles. The average Bonchev–Trinajstić information content (AvgIpc) is 2.95. The van der Waals surface area contributed by atoms with Crippen molar-refractivity contribution in [2.45, 2.75) is 20.4 Å². The molecule has 0 aliphatic carbocycles. The Bertz CT molecular complexity index is 870. The number of anilines is 1. The van der Waals surface area contributed by atoms with Gasteiger partial charge in [-0.15, -0.1) is 0 Å². The molecule has 0 unspecified atom stereocenters. The first-order valence-corrected chi connectivity index (χ1v) is 7.40. The van der Waals surface area contributed by atoms with Crippen LogP contribution in [0.25, 0.3) is 10.9 Å². The van der Waals surface area contributed by atoms with Gasteiger partial charge in [0, 0.05) is 24.2 Å². The summed E-state index contributed by atoms with van der Waals surface area (Å²) in [6, 6.07) is 7.53. The van der Waals surface area contributed by atoms with Gasteiger partial charge in [-0.25, -0.2) is 0 Å². The third-order valence-corrected chi connectivity index (χ3v) is 3.66. The molecule has 0 aliphatic heterocycles. The number of hydrogen-bond donors (Lipinski definition) is 1. The number of aryl methyl sites for hydroxylation is 2. The van der Waals surface area contributed by atoms with Crippen LogP contribution in [-0.2, 0) is 6.54 Å². The molecule has 1 N–H and O–H groups in total. The van der Waals surface area contributed by atoms with Gasteiger partial charge in [-0.3, -0.25) is 14.5 Å². The number of ether oxygens (including phenoxy) is 1. The number of carbonyl (C=O) groups excluding carboxylic acids is 1. The van der Waals surface area contributed by atoms with Gasteiger partial charge in [0.25, 0.3) is 5.91 Å². The summed E-state index contributed by atoms with van der Waals surface area (Å²) in [7, 11) is 1.62. The Morgan fingerprint density at radius 1 is 1.35 bits per heavy atom. The van der Waals surface area contributed by atoms with Gasteiger partial charge >= 0.3 is 0 Å². The predicted molar refractivity (Wildman–Crippen MR) is 88.9 cm³/mol. The van der Waals surface area contributed by atoms with Gasteiger partial charge in [-0.2, -0.15) is 5.10 Å². The molecule has 3 aromatic rings. The normalized spacial score (nSPS) is 10.7. The molecular weight excluding hydrogens is 292 g/mol. The first-order valence-electron chi connectivity index (χ1n) is 7.40. The number of hydrogen-bond acceptors (Lipinski definition) is 4. The summed E-state index contributed by atoms with van der Waals surface area (Å²) in [5.41, 5.74) is 2.75. The van der Waals surface area contributed by atoms with Crippen LogP contribution in [0, 0.1) is 6.92 Å². The second-order valence-corrected chi connectivity index (χ2v) is 5.22. The fourth-order valence-corrected chi connectivity index (χ4v) is 2.40. The topological polar surface area (TPSA) is 69.0 Å². The lowest BCUT2D eigenvalue weighted by Gasteiger charge is -2.06. The molecule has 1 aromatic carbocycles. The Morgan fingerprint density at radius 3 is 2.87 bits per heavy atom. The van der Waals surface area contributed by atoms with E-state index in [1.807, 2.05) is 38.1 Å². The molecule has 6 heteroatoms. The van der Waals surface area contributed by atoms with Crippen LogP contribution in [0.4, 0.5) is 5.69 Å². The molecular formula is C17H18N4O2. The maximum Gasteiger partial charge on any atom is 0.259 e. The summed E-state index contributed by atoms with van der Waals surface area (Å²) in [4.78, 5) is 16.8. The van der Waals surface area contributed by atoms with Gasteiger partial charge in [-0.05, 0) is 32.0 Å². The van der Waals surface area contributed by atoms with Crippen molar-refractivity contribution in [3.05, 3.63) is 47.9 Å². The zero-order valence-corrected chi connectivity index (χ0v) is 13.3. The van der Waals surface area contributed by atoms with Gasteiger partial charge in [0.05, 0.1) is 35.8 Å². The van der Waals surface area contributed by atoms with Crippen molar-refractivity contribution in [3.8, 4) is 5.75 Å². The minimum Gasteiger partial charge on any atom is -0.497 e. The number of amides is 1. The standard InChI is InChI=1S/C17H18N4O2/c1-4-21-10-15(11(2)20-21)17(22)19-13-7-12-5-6-14(23-3)8-16(12)18-9-13/h5-10H,4H2,1-3H3,(H,19,22). The van der Waals surface area contributed by atoms with Gasteiger partial charge < -0.3 is 10.1 Å². The number of methoxy groups -OCH3 is 1. The van der Waals surface area contributed by atoms with Crippen molar-refractivity contribution in [2.24, 2.45) is 0 Å². The number of nitrogens with zero attached hydrogens (tertiary/aromatic N) is 3. The van der Waals surface area contributed by atoms with Crippen molar-refractivity contribution in [1.82, 2.24) is 14.8 Å². The van der Waals surface area contributed by atoms with Crippen LogP contribution in [0.5, 0.6) is 5.75 Å². The van der Waals surface area contributed by atoms with E-state index in [0.29, 0.717) is 16.9 Å². The van der Waals surface area contributed by atoms with Crippen LogP contribution in [0.3, 0.4) is 0 Å². The van der Waals surface area contributed by atoms with E-state index >= 15 is 0 Å². The fraction of sp³-hybridized carbons (Fsp3) is 0.235. The predicted octanol–water partition coefficient (Wildman–Crippen LogP) is 3.02. The molecule has 23 heavy (non-hydrogen) atoms. The molecule has 0 fully saturated rings. The number of aromatic nitrogens is 3. The van der Waals surface area contributed by atoms with Crippen molar-refractivity contribution < 1.29 is 9.53 Å². The number of rotatable bonds is 4. The molecule has 2 aromatic heterocycles. The highest BCUT2D eigenvalue weighted by atomic mass is 16.5. The van der Waals surface area contributed by atoms with Crippen molar-refractivity contribution >= 4 is 22.5 Å². The molecule has 6 nitrogen and oxygen atoms in total. The lowest BCUT2D eigenvalue weighted by molar-refractivity contribution is 0.102. The lowest BCUT2D eigenvalue weighted by Crippen LogP contribution is -2.12. The molecule has 1 amide bonds. The fourth-order valence-electron chi connectivity index (χ4n) is 2.40. The van der Waals surface area contributed by atoms with Crippen LogP contribution in [-0.4, -0.2) is 27.8 Å². The summed E-state index contributed by atoms with van der Waals surface area (Å²) in [6.45, 7) is 4.54. The third-order valence-electron chi connectivity index (χ3n) is 3.66. The van der Waals surface area contributed by atoms with Gasteiger partial charge in [0.15, 0.2) is 0 Å². The summed E-state index contributed by atoms with van der Waals surface area (Å²) >= 11 is 0.